The zero-order chi connectivity index (χ0) is 18.9. The molecule has 0 unspecified atom stereocenters. The summed E-state index contributed by atoms with van der Waals surface area (Å²) in [5, 5.41) is 10.7. The molecule has 0 aliphatic carbocycles. The molecule has 0 fully saturated rings. The average molecular weight is 410 g/mol. The number of phenolic OH excluding ortho intramolecular Hbond substituents is 1. The molecule has 8 heteroatoms. The van der Waals surface area contributed by atoms with Crippen molar-refractivity contribution in [2.75, 3.05) is 6.61 Å². The van der Waals surface area contributed by atoms with Crippen molar-refractivity contribution in [2.45, 2.75) is 32.4 Å². The fourth-order valence-electron chi connectivity index (χ4n) is 2.57. The van der Waals surface area contributed by atoms with Crippen LogP contribution in [0.25, 0.3) is 22.4 Å². The number of aromatic nitrogens is 3. The normalized spacial score (nSPS) is 12.0. The number of phenols is 1. The summed E-state index contributed by atoms with van der Waals surface area (Å²) in [7, 11) is -1.17. The molecule has 0 bridgehead atoms. The highest BCUT2D eigenvalue weighted by Gasteiger charge is 2.20. The summed E-state index contributed by atoms with van der Waals surface area (Å²) < 4.78 is 7.82. The number of hydrogen-bond donors (Lipinski definition) is 1. The van der Waals surface area contributed by atoms with Crippen LogP contribution in [0, 0.1) is 0 Å². The van der Waals surface area contributed by atoms with Gasteiger partial charge in [0.1, 0.15) is 23.1 Å². The molecular formula is C18H21Cl2N3O2Si. The van der Waals surface area contributed by atoms with E-state index in [-0.39, 0.29) is 15.8 Å². The smallest absolute Gasteiger partial charge is 0.163 e. The van der Waals surface area contributed by atoms with E-state index in [1.54, 1.807) is 18.5 Å². The van der Waals surface area contributed by atoms with Gasteiger partial charge < -0.3 is 9.84 Å². The van der Waals surface area contributed by atoms with Crippen LogP contribution in [0.3, 0.4) is 0 Å². The zero-order valence-electron chi connectivity index (χ0n) is 15.0. The molecule has 0 radical (unpaired) electrons. The van der Waals surface area contributed by atoms with Gasteiger partial charge in [0.05, 0.1) is 10.5 Å². The molecule has 1 aromatic carbocycles. The molecule has 26 heavy (non-hydrogen) atoms. The molecule has 0 saturated carbocycles. The zero-order valence-corrected chi connectivity index (χ0v) is 17.5. The molecule has 3 rings (SSSR count). The second-order valence-electron chi connectivity index (χ2n) is 7.34. The lowest BCUT2D eigenvalue weighted by Crippen LogP contribution is -2.22. The lowest BCUT2D eigenvalue weighted by Gasteiger charge is -2.16. The maximum Gasteiger partial charge on any atom is 0.163 e. The highest BCUT2D eigenvalue weighted by Crippen LogP contribution is 2.39. The number of ether oxygens (including phenoxy) is 1. The quantitative estimate of drug-likeness (QED) is 0.435. The number of nitrogens with zero attached hydrogens (tertiary/aromatic N) is 3. The first-order chi connectivity index (χ1) is 12.3. The van der Waals surface area contributed by atoms with Crippen LogP contribution < -0.4 is 0 Å². The highest BCUT2D eigenvalue weighted by molar-refractivity contribution is 6.76. The number of imidazole rings is 1. The summed E-state index contributed by atoms with van der Waals surface area (Å²) in [5.74, 6) is 0.550. The third kappa shape index (κ3) is 4.04. The van der Waals surface area contributed by atoms with Crippen molar-refractivity contribution in [3.05, 3.63) is 40.6 Å². The minimum Gasteiger partial charge on any atom is -0.504 e. The van der Waals surface area contributed by atoms with E-state index < -0.39 is 8.07 Å². The van der Waals surface area contributed by atoms with Gasteiger partial charge in [-0.2, -0.15) is 0 Å². The summed E-state index contributed by atoms with van der Waals surface area (Å²) >= 11 is 12.2. The van der Waals surface area contributed by atoms with E-state index in [1.807, 2.05) is 16.7 Å². The largest absolute Gasteiger partial charge is 0.504 e. The van der Waals surface area contributed by atoms with Crippen molar-refractivity contribution in [1.82, 2.24) is 14.5 Å². The Morgan fingerprint density at radius 2 is 1.88 bits per heavy atom. The van der Waals surface area contributed by atoms with Crippen molar-refractivity contribution >= 4 is 42.3 Å². The van der Waals surface area contributed by atoms with Crippen molar-refractivity contribution < 1.29 is 9.84 Å². The number of aromatic hydroxyl groups is 1. The predicted molar refractivity (Wildman–Crippen MR) is 109 cm³/mol. The minimum atomic E-state index is -1.17. The summed E-state index contributed by atoms with van der Waals surface area (Å²) in [6, 6.07) is 6.50. The number of hydrogen-bond acceptors (Lipinski definition) is 4. The van der Waals surface area contributed by atoms with Crippen molar-refractivity contribution in [3.63, 3.8) is 0 Å². The fraction of sp³-hybridized carbons (Fsp3) is 0.333. The van der Waals surface area contributed by atoms with Crippen molar-refractivity contribution in [1.29, 1.82) is 0 Å². The number of halogens is 2. The molecule has 2 aromatic heterocycles. The molecule has 0 atom stereocenters. The van der Waals surface area contributed by atoms with E-state index in [1.165, 1.54) is 0 Å². The molecule has 0 amide bonds. The molecule has 0 aliphatic rings. The van der Waals surface area contributed by atoms with Gasteiger partial charge in [0.15, 0.2) is 5.75 Å². The molecule has 0 aliphatic heterocycles. The van der Waals surface area contributed by atoms with Crippen molar-refractivity contribution in [2.24, 2.45) is 0 Å². The molecule has 3 aromatic rings. The third-order valence-corrected chi connectivity index (χ3v) is 6.55. The van der Waals surface area contributed by atoms with Crippen LogP contribution in [-0.4, -0.2) is 34.3 Å². The number of fused-ring (bicyclic) bond motifs is 1. The minimum absolute atomic E-state index is 0.102. The fourth-order valence-corrected chi connectivity index (χ4v) is 3.67. The average Bonchev–Trinajstić information content (AvgIpc) is 2.95. The lowest BCUT2D eigenvalue weighted by atomic mass is 10.2. The third-order valence-electron chi connectivity index (χ3n) is 4.07. The Balaban J connectivity index is 2.03. The topological polar surface area (TPSA) is 60.2 Å². The Kier molecular flexibility index (Phi) is 5.57. The molecular weight excluding hydrogens is 389 g/mol. The van der Waals surface area contributed by atoms with E-state index in [0.717, 1.165) is 11.6 Å². The van der Waals surface area contributed by atoms with Gasteiger partial charge in [0.25, 0.3) is 0 Å². The predicted octanol–water partition coefficient (Wildman–Crippen LogP) is 5.42. The van der Waals surface area contributed by atoms with E-state index in [4.69, 9.17) is 27.9 Å². The van der Waals surface area contributed by atoms with Gasteiger partial charge in [-0.05, 0) is 24.2 Å². The maximum absolute atomic E-state index is 10.4. The van der Waals surface area contributed by atoms with Crippen LogP contribution in [-0.2, 0) is 11.5 Å². The first-order valence-corrected chi connectivity index (χ1v) is 12.8. The Bertz CT molecular complexity index is 924. The van der Waals surface area contributed by atoms with Crippen LogP contribution in [0.15, 0.2) is 30.6 Å². The molecule has 0 saturated heterocycles. The van der Waals surface area contributed by atoms with E-state index >= 15 is 0 Å². The van der Waals surface area contributed by atoms with Gasteiger partial charge in [0, 0.05) is 32.6 Å². The number of benzene rings is 1. The molecule has 2 heterocycles. The molecule has 5 nitrogen and oxygen atoms in total. The Morgan fingerprint density at radius 1 is 1.19 bits per heavy atom. The van der Waals surface area contributed by atoms with E-state index in [2.05, 4.69) is 29.6 Å². The van der Waals surface area contributed by atoms with E-state index in [0.29, 0.717) is 30.2 Å². The first kappa shape index (κ1) is 19.2. The second kappa shape index (κ2) is 7.56. The van der Waals surface area contributed by atoms with Crippen LogP contribution in [0.2, 0.25) is 35.7 Å². The Hall–Kier alpha value is -1.60. The molecule has 0 spiro atoms. The lowest BCUT2D eigenvalue weighted by molar-refractivity contribution is 0.0909. The van der Waals surface area contributed by atoms with Crippen LogP contribution in [0.4, 0.5) is 0 Å². The summed E-state index contributed by atoms with van der Waals surface area (Å²) in [5.41, 5.74) is 1.95. The van der Waals surface area contributed by atoms with Crippen LogP contribution in [0.5, 0.6) is 5.75 Å². The Labute approximate surface area is 163 Å². The van der Waals surface area contributed by atoms with Crippen LogP contribution >= 0.6 is 23.2 Å². The van der Waals surface area contributed by atoms with E-state index in [9.17, 15) is 5.11 Å². The SMILES string of the molecule is C[Si](C)(C)CCOCn1c(-c2ccncc2)nc2c(O)c(Cl)c(Cl)cc21. The van der Waals surface area contributed by atoms with Gasteiger partial charge >= 0.3 is 0 Å². The van der Waals surface area contributed by atoms with Crippen molar-refractivity contribution in [3.8, 4) is 17.1 Å². The maximum atomic E-state index is 10.4. The standard InChI is InChI=1S/C18H21Cl2N3O2Si/c1-26(2,3)9-8-25-11-23-14-10-13(19)15(20)17(24)16(14)22-18(23)12-4-6-21-7-5-12/h4-7,10,24H,8-9,11H2,1-3H3. The summed E-state index contributed by atoms with van der Waals surface area (Å²) in [4.78, 5) is 8.63. The molecule has 1 N–H and O–H groups in total. The van der Waals surface area contributed by atoms with Gasteiger partial charge in [-0.15, -0.1) is 0 Å². The summed E-state index contributed by atoms with van der Waals surface area (Å²) in [6.45, 7) is 7.93. The van der Waals surface area contributed by atoms with Gasteiger partial charge in [-0.25, -0.2) is 4.98 Å². The van der Waals surface area contributed by atoms with Gasteiger partial charge in [-0.1, -0.05) is 42.8 Å². The van der Waals surface area contributed by atoms with Gasteiger partial charge in [-0.3, -0.25) is 9.55 Å². The number of rotatable bonds is 6. The highest BCUT2D eigenvalue weighted by atomic mass is 35.5. The number of pyridine rings is 1. The monoisotopic (exact) mass is 409 g/mol. The molecule has 138 valence electrons. The van der Waals surface area contributed by atoms with Crippen LogP contribution in [0.1, 0.15) is 0 Å². The first-order valence-electron chi connectivity index (χ1n) is 8.33. The Morgan fingerprint density at radius 3 is 2.54 bits per heavy atom. The summed E-state index contributed by atoms with van der Waals surface area (Å²) in [6.07, 6.45) is 3.40. The second-order valence-corrected chi connectivity index (χ2v) is 13.7. The van der Waals surface area contributed by atoms with Gasteiger partial charge in [0.2, 0.25) is 0 Å².